The molecule has 0 saturated carbocycles. The van der Waals surface area contributed by atoms with Crippen LogP contribution in [0.4, 0.5) is 15.8 Å². The van der Waals surface area contributed by atoms with Gasteiger partial charge in [-0.25, -0.2) is 4.39 Å². The van der Waals surface area contributed by atoms with Gasteiger partial charge in [-0.05, 0) is 24.6 Å². The van der Waals surface area contributed by atoms with Crippen molar-refractivity contribution in [2.24, 2.45) is 0 Å². The standard InChI is InChI=1S/C27H29FN4O5/c1-34-26-19(28)6-4-7-20(26)31-25-22-23-17(15-30-27(22)33)5-2-3-10-35-11-12-36-13-14-37-21-16-29-9-8-18(21)24(25)32-23/h2-4,6-9,16-17,31-32H,5,10-15H2,1H3,(H,30,33)/b3-2+. The van der Waals surface area contributed by atoms with Crippen LogP contribution in [0, 0.1) is 5.82 Å². The smallest absolute Gasteiger partial charge is 0.255 e. The molecule has 0 saturated heterocycles. The van der Waals surface area contributed by atoms with E-state index in [9.17, 15) is 9.18 Å². The van der Waals surface area contributed by atoms with Crippen molar-refractivity contribution in [1.29, 1.82) is 0 Å². The topological polar surface area (TPSA) is 107 Å². The Balaban J connectivity index is 1.65. The SMILES string of the molecule is COc1c(F)cccc1Nc1c2[nH]c3c1C(=O)NCC3C/C=C/COCCOCCOc1cnccc1-2. The summed E-state index contributed by atoms with van der Waals surface area (Å²) < 4.78 is 37.0. The average Bonchev–Trinajstić information content (AvgIpc) is 3.28. The van der Waals surface area contributed by atoms with E-state index >= 15 is 0 Å². The number of amides is 1. The van der Waals surface area contributed by atoms with E-state index in [1.807, 2.05) is 12.1 Å². The lowest BCUT2D eigenvalue weighted by atomic mass is 9.93. The van der Waals surface area contributed by atoms with E-state index in [1.54, 1.807) is 24.5 Å². The van der Waals surface area contributed by atoms with Crippen LogP contribution in [0.15, 0.2) is 48.8 Å². The van der Waals surface area contributed by atoms with E-state index < -0.39 is 5.82 Å². The predicted octanol–water partition coefficient (Wildman–Crippen LogP) is 4.17. The van der Waals surface area contributed by atoms with E-state index in [0.29, 0.717) is 79.9 Å². The summed E-state index contributed by atoms with van der Waals surface area (Å²) in [5, 5.41) is 6.27. The molecule has 9 nitrogen and oxygen atoms in total. The molecule has 10 heteroatoms. The first-order valence-corrected chi connectivity index (χ1v) is 12.2. The Morgan fingerprint density at radius 2 is 2.00 bits per heavy atom. The van der Waals surface area contributed by atoms with Crippen LogP contribution in [-0.4, -0.2) is 62.6 Å². The number of nitrogens with one attached hydrogen (secondary N) is 3. The molecule has 0 aliphatic carbocycles. The number of fused-ring (bicyclic) bond motifs is 3. The lowest BCUT2D eigenvalue weighted by Gasteiger charge is -2.23. The molecule has 3 N–H and O–H groups in total. The van der Waals surface area contributed by atoms with Crippen molar-refractivity contribution < 1.29 is 28.1 Å². The molecule has 2 aliphatic heterocycles. The Bertz CT molecular complexity index is 1290. The van der Waals surface area contributed by atoms with Crippen LogP contribution in [0.1, 0.15) is 28.4 Å². The van der Waals surface area contributed by atoms with E-state index in [2.05, 4.69) is 26.7 Å². The number of H-pyrrole nitrogens is 1. The number of ether oxygens (including phenoxy) is 4. The number of nitrogens with zero attached hydrogens (tertiary/aromatic N) is 1. The molecule has 1 unspecified atom stereocenters. The van der Waals surface area contributed by atoms with Gasteiger partial charge in [0.05, 0.1) is 62.4 Å². The second-order valence-corrected chi connectivity index (χ2v) is 8.63. The lowest BCUT2D eigenvalue weighted by molar-refractivity contribution is 0.0449. The third kappa shape index (κ3) is 5.30. The van der Waals surface area contributed by atoms with Gasteiger partial charge in [0.2, 0.25) is 0 Å². The molecular weight excluding hydrogens is 479 g/mol. The number of aromatic nitrogens is 2. The highest BCUT2D eigenvalue weighted by atomic mass is 19.1. The fourth-order valence-corrected chi connectivity index (χ4v) is 4.56. The molecule has 2 aromatic heterocycles. The molecule has 194 valence electrons. The normalized spacial score (nSPS) is 19.1. The molecule has 2 aliphatic rings. The zero-order valence-electron chi connectivity index (χ0n) is 20.5. The molecule has 0 fully saturated rings. The number of allylic oxidation sites excluding steroid dienone is 1. The van der Waals surface area contributed by atoms with Gasteiger partial charge in [0, 0.05) is 29.9 Å². The number of anilines is 2. The van der Waals surface area contributed by atoms with Crippen LogP contribution >= 0.6 is 0 Å². The Kier molecular flexibility index (Phi) is 7.67. The van der Waals surface area contributed by atoms with Crippen LogP contribution in [-0.2, 0) is 9.47 Å². The Morgan fingerprint density at radius 1 is 1.14 bits per heavy atom. The van der Waals surface area contributed by atoms with Crippen molar-refractivity contribution in [3.63, 3.8) is 0 Å². The second kappa shape index (κ2) is 11.4. The van der Waals surface area contributed by atoms with Crippen molar-refractivity contribution in [1.82, 2.24) is 15.3 Å². The number of rotatable bonds is 3. The summed E-state index contributed by atoms with van der Waals surface area (Å²) >= 11 is 0. The maximum absolute atomic E-state index is 14.5. The minimum absolute atomic E-state index is 0.00197. The first-order valence-electron chi connectivity index (χ1n) is 12.2. The summed E-state index contributed by atoms with van der Waals surface area (Å²) in [6.45, 7) is 2.61. The minimum Gasteiger partial charge on any atom is -0.492 e. The molecule has 4 heterocycles. The number of carbonyl (C=O) groups excluding carboxylic acids is 1. The van der Waals surface area contributed by atoms with Crippen molar-refractivity contribution in [3.8, 4) is 22.8 Å². The van der Waals surface area contributed by atoms with Gasteiger partial charge in [0.1, 0.15) is 12.4 Å². The molecule has 5 rings (SSSR count). The summed E-state index contributed by atoms with van der Waals surface area (Å²) in [5.41, 5.74) is 3.49. The maximum atomic E-state index is 14.5. The first-order chi connectivity index (χ1) is 18.2. The van der Waals surface area contributed by atoms with Gasteiger partial charge < -0.3 is 34.6 Å². The first kappa shape index (κ1) is 24.8. The number of hydrogen-bond donors (Lipinski definition) is 3. The number of pyridine rings is 1. The summed E-state index contributed by atoms with van der Waals surface area (Å²) in [4.78, 5) is 20.9. The number of aromatic amines is 1. The lowest BCUT2D eigenvalue weighted by Crippen LogP contribution is -2.34. The van der Waals surface area contributed by atoms with Gasteiger partial charge in [-0.3, -0.25) is 9.78 Å². The monoisotopic (exact) mass is 508 g/mol. The van der Waals surface area contributed by atoms with Gasteiger partial charge in [0.15, 0.2) is 11.6 Å². The van der Waals surface area contributed by atoms with Crippen molar-refractivity contribution >= 4 is 17.3 Å². The van der Waals surface area contributed by atoms with E-state index in [0.717, 1.165) is 5.69 Å². The molecule has 37 heavy (non-hydrogen) atoms. The molecule has 0 radical (unpaired) electrons. The van der Waals surface area contributed by atoms with Crippen LogP contribution in [0.5, 0.6) is 11.5 Å². The van der Waals surface area contributed by atoms with Gasteiger partial charge in [-0.2, -0.15) is 0 Å². The van der Waals surface area contributed by atoms with Gasteiger partial charge in [-0.1, -0.05) is 18.2 Å². The molecule has 1 aromatic carbocycles. The largest absolute Gasteiger partial charge is 0.492 e. The van der Waals surface area contributed by atoms with Gasteiger partial charge in [0.25, 0.3) is 5.91 Å². The number of methoxy groups -OCH3 is 1. The number of halogens is 1. The van der Waals surface area contributed by atoms with E-state index in [1.165, 1.54) is 13.2 Å². The molecule has 1 amide bonds. The number of hydrogen-bond acceptors (Lipinski definition) is 7. The fraction of sp³-hybridized carbons (Fsp3) is 0.333. The fourth-order valence-electron chi connectivity index (χ4n) is 4.56. The molecule has 0 spiro atoms. The number of carbonyl (C=O) groups is 1. The maximum Gasteiger partial charge on any atom is 0.255 e. The highest BCUT2D eigenvalue weighted by Crippen LogP contribution is 2.44. The third-order valence-corrected chi connectivity index (χ3v) is 6.32. The Hall–Kier alpha value is -3.89. The average molecular weight is 509 g/mol. The van der Waals surface area contributed by atoms with Crippen molar-refractivity contribution in [2.75, 3.05) is 52.0 Å². The molecular formula is C27H29FN4O5. The van der Waals surface area contributed by atoms with Crippen LogP contribution < -0.4 is 20.1 Å². The quantitative estimate of drug-likeness (QED) is 0.456. The molecule has 2 bridgehead atoms. The third-order valence-electron chi connectivity index (χ3n) is 6.32. The van der Waals surface area contributed by atoms with Gasteiger partial charge in [-0.15, -0.1) is 0 Å². The highest BCUT2D eigenvalue weighted by Gasteiger charge is 2.33. The summed E-state index contributed by atoms with van der Waals surface area (Å²) in [6.07, 6.45) is 7.99. The van der Waals surface area contributed by atoms with Gasteiger partial charge >= 0.3 is 0 Å². The zero-order chi connectivity index (χ0) is 25.6. The van der Waals surface area contributed by atoms with Crippen molar-refractivity contribution in [2.45, 2.75) is 12.3 Å². The number of para-hydroxylation sites is 1. The Labute approximate surface area is 214 Å². The predicted molar refractivity (Wildman–Crippen MR) is 136 cm³/mol. The zero-order valence-corrected chi connectivity index (χ0v) is 20.5. The second-order valence-electron chi connectivity index (χ2n) is 8.63. The highest BCUT2D eigenvalue weighted by molar-refractivity contribution is 6.07. The van der Waals surface area contributed by atoms with E-state index in [-0.39, 0.29) is 17.6 Å². The Morgan fingerprint density at radius 3 is 2.89 bits per heavy atom. The summed E-state index contributed by atoms with van der Waals surface area (Å²) in [5.74, 6) is -0.160. The van der Waals surface area contributed by atoms with E-state index in [4.69, 9.17) is 18.9 Å². The summed E-state index contributed by atoms with van der Waals surface area (Å²) in [6, 6.07) is 6.42. The summed E-state index contributed by atoms with van der Waals surface area (Å²) in [7, 11) is 1.40. The van der Waals surface area contributed by atoms with Crippen LogP contribution in [0.25, 0.3) is 11.3 Å². The number of benzene rings is 1. The van der Waals surface area contributed by atoms with Crippen LogP contribution in [0.2, 0.25) is 0 Å². The minimum atomic E-state index is -0.512. The molecule has 3 aromatic rings. The molecule has 1 atom stereocenters. The van der Waals surface area contributed by atoms with Crippen molar-refractivity contribution in [3.05, 3.63) is 65.9 Å². The van der Waals surface area contributed by atoms with Crippen LogP contribution in [0.3, 0.4) is 0 Å².